The summed E-state index contributed by atoms with van der Waals surface area (Å²) in [4.78, 5) is 4.37. The van der Waals surface area contributed by atoms with Crippen LogP contribution in [0.1, 0.15) is 18.4 Å². The number of nitrogens with one attached hydrogen (secondary N) is 1. The maximum absolute atomic E-state index is 13.3. The van der Waals surface area contributed by atoms with Gasteiger partial charge in [-0.15, -0.1) is 0 Å². The molecule has 1 aromatic heterocycles. The van der Waals surface area contributed by atoms with Crippen LogP contribution in [0.15, 0.2) is 62.9 Å². The zero-order chi connectivity index (χ0) is 20.4. The van der Waals surface area contributed by atoms with Crippen molar-refractivity contribution in [2.75, 3.05) is 18.5 Å². The van der Waals surface area contributed by atoms with Crippen LogP contribution in [0.3, 0.4) is 0 Å². The molecule has 1 fully saturated rings. The summed E-state index contributed by atoms with van der Waals surface area (Å²) in [7, 11) is -3.91. The number of hydrogen-bond donors (Lipinski definition) is 1. The van der Waals surface area contributed by atoms with Gasteiger partial charge < -0.3 is 14.5 Å². The van der Waals surface area contributed by atoms with E-state index in [4.69, 9.17) is 9.15 Å². The number of halogens is 1. The molecule has 8 heteroatoms. The maximum atomic E-state index is 13.3. The largest absolute Gasteiger partial charge is 0.419 e. The van der Waals surface area contributed by atoms with Gasteiger partial charge in [-0.3, -0.25) is 0 Å². The minimum Gasteiger partial charge on any atom is -0.419 e. The standard InChI is InChI=1S/C21H21FN2O4S/c1-14-4-10-18(11-5-14)29(25,26)21-20(23-13-17-3-2-12-27-17)28-19(24-21)15-6-8-16(22)9-7-15/h4-11,17,23H,2-3,12-13H2,1H3/t17-/m1/s1. The van der Waals surface area contributed by atoms with Crippen molar-refractivity contribution in [1.82, 2.24) is 4.98 Å². The van der Waals surface area contributed by atoms with Crippen molar-refractivity contribution in [3.63, 3.8) is 0 Å². The van der Waals surface area contributed by atoms with Crippen molar-refractivity contribution in [3.8, 4) is 11.5 Å². The first kappa shape index (κ1) is 19.6. The van der Waals surface area contributed by atoms with Crippen LogP contribution in [0.25, 0.3) is 11.5 Å². The fourth-order valence-electron chi connectivity index (χ4n) is 3.16. The topological polar surface area (TPSA) is 81.4 Å². The van der Waals surface area contributed by atoms with Crippen molar-refractivity contribution in [3.05, 3.63) is 59.9 Å². The lowest BCUT2D eigenvalue weighted by atomic mass is 10.2. The van der Waals surface area contributed by atoms with Crippen LogP contribution in [0, 0.1) is 12.7 Å². The van der Waals surface area contributed by atoms with E-state index in [1.807, 2.05) is 6.92 Å². The van der Waals surface area contributed by atoms with Gasteiger partial charge in [0.2, 0.25) is 26.6 Å². The molecule has 1 N–H and O–H groups in total. The average Bonchev–Trinajstić information content (AvgIpc) is 3.37. The van der Waals surface area contributed by atoms with E-state index in [1.165, 1.54) is 24.3 Å². The van der Waals surface area contributed by atoms with Crippen LogP contribution in [0.4, 0.5) is 10.3 Å². The first-order chi connectivity index (χ1) is 13.9. The number of hydrogen-bond acceptors (Lipinski definition) is 6. The highest BCUT2D eigenvalue weighted by Crippen LogP contribution is 2.32. The van der Waals surface area contributed by atoms with Crippen LogP contribution >= 0.6 is 0 Å². The number of nitrogens with zero attached hydrogens (tertiary/aromatic N) is 1. The van der Waals surface area contributed by atoms with E-state index in [-0.39, 0.29) is 27.8 Å². The van der Waals surface area contributed by atoms with Gasteiger partial charge in [0.25, 0.3) is 0 Å². The Morgan fingerprint density at radius 2 is 1.86 bits per heavy atom. The van der Waals surface area contributed by atoms with Crippen LogP contribution < -0.4 is 5.32 Å². The Labute approximate surface area is 168 Å². The molecule has 0 amide bonds. The number of oxazole rings is 1. The quantitative estimate of drug-likeness (QED) is 0.648. The van der Waals surface area contributed by atoms with Gasteiger partial charge >= 0.3 is 0 Å². The van der Waals surface area contributed by atoms with Crippen molar-refractivity contribution in [2.24, 2.45) is 0 Å². The molecule has 3 aromatic rings. The summed E-state index contributed by atoms with van der Waals surface area (Å²) >= 11 is 0. The second kappa shape index (κ2) is 7.96. The molecule has 6 nitrogen and oxygen atoms in total. The summed E-state index contributed by atoms with van der Waals surface area (Å²) in [5, 5.41) is 2.84. The Morgan fingerprint density at radius 3 is 2.52 bits per heavy atom. The molecule has 0 radical (unpaired) electrons. The number of benzene rings is 2. The van der Waals surface area contributed by atoms with E-state index in [0.717, 1.165) is 18.4 Å². The highest BCUT2D eigenvalue weighted by Gasteiger charge is 2.29. The summed E-state index contributed by atoms with van der Waals surface area (Å²) in [6, 6.07) is 12.1. The smallest absolute Gasteiger partial charge is 0.233 e. The monoisotopic (exact) mass is 416 g/mol. The normalized spacial score (nSPS) is 16.8. The molecule has 0 unspecified atom stereocenters. The lowest BCUT2D eigenvalue weighted by Gasteiger charge is -2.10. The number of rotatable bonds is 6. The molecule has 0 bridgehead atoms. The predicted octanol–water partition coefficient (Wildman–Crippen LogP) is 4.21. The Kier molecular flexibility index (Phi) is 5.38. The summed E-state index contributed by atoms with van der Waals surface area (Å²) < 4.78 is 51.0. The molecule has 4 rings (SSSR count). The lowest BCUT2D eigenvalue weighted by molar-refractivity contribution is 0.120. The van der Waals surface area contributed by atoms with Crippen LogP contribution in [0.2, 0.25) is 0 Å². The van der Waals surface area contributed by atoms with Gasteiger partial charge in [0.15, 0.2) is 0 Å². The fraction of sp³-hybridized carbons (Fsp3) is 0.286. The Hall–Kier alpha value is -2.71. The van der Waals surface area contributed by atoms with E-state index in [9.17, 15) is 12.8 Å². The SMILES string of the molecule is Cc1ccc(S(=O)(=O)c2nc(-c3ccc(F)cc3)oc2NC[C@H]2CCCO2)cc1. The summed E-state index contributed by atoms with van der Waals surface area (Å²) in [5.41, 5.74) is 1.43. The molecule has 2 heterocycles. The van der Waals surface area contributed by atoms with E-state index in [0.29, 0.717) is 18.7 Å². The molecule has 1 aliphatic rings. The molecule has 152 valence electrons. The number of sulfone groups is 1. The lowest BCUT2D eigenvalue weighted by Crippen LogP contribution is -2.19. The average molecular weight is 416 g/mol. The van der Waals surface area contributed by atoms with Crippen LogP contribution in [-0.2, 0) is 14.6 Å². The van der Waals surface area contributed by atoms with Crippen molar-refractivity contribution < 1.29 is 22.0 Å². The third-order valence-corrected chi connectivity index (χ3v) is 6.47. The van der Waals surface area contributed by atoms with E-state index in [2.05, 4.69) is 10.3 Å². The minimum absolute atomic E-state index is 0.00991. The van der Waals surface area contributed by atoms with Gasteiger partial charge in [-0.25, -0.2) is 12.8 Å². The number of anilines is 1. The third kappa shape index (κ3) is 4.18. The molecule has 1 aliphatic heterocycles. The molecule has 1 atom stereocenters. The number of ether oxygens (including phenoxy) is 1. The van der Waals surface area contributed by atoms with Crippen molar-refractivity contribution >= 4 is 15.7 Å². The Balaban J connectivity index is 1.73. The van der Waals surface area contributed by atoms with Gasteiger partial charge in [-0.2, -0.15) is 4.98 Å². The first-order valence-corrected chi connectivity index (χ1v) is 10.9. The van der Waals surface area contributed by atoms with Crippen molar-refractivity contribution in [1.29, 1.82) is 0 Å². The van der Waals surface area contributed by atoms with Gasteiger partial charge in [-0.1, -0.05) is 17.7 Å². The second-order valence-corrected chi connectivity index (χ2v) is 8.86. The Morgan fingerprint density at radius 1 is 1.14 bits per heavy atom. The summed E-state index contributed by atoms with van der Waals surface area (Å²) in [6.45, 7) is 2.99. The van der Waals surface area contributed by atoms with Crippen molar-refractivity contribution in [2.45, 2.75) is 35.8 Å². The molecular formula is C21H21FN2O4S. The molecular weight excluding hydrogens is 395 g/mol. The molecule has 0 spiro atoms. The van der Waals surface area contributed by atoms with Gasteiger partial charge in [0.1, 0.15) is 5.82 Å². The molecule has 29 heavy (non-hydrogen) atoms. The second-order valence-electron chi connectivity index (χ2n) is 6.99. The Bertz CT molecular complexity index is 1090. The van der Waals surface area contributed by atoms with Gasteiger partial charge in [-0.05, 0) is 56.2 Å². The van der Waals surface area contributed by atoms with Crippen LogP contribution in [0.5, 0.6) is 0 Å². The molecule has 0 aliphatic carbocycles. The minimum atomic E-state index is -3.91. The zero-order valence-corrected chi connectivity index (χ0v) is 16.7. The van der Waals surface area contributed by atoms with Crippen LogP contribution in [-0.4, -0.2) is 32.7 Å². The fourth-order valence-corrected chi connectivity index (χ4v) is 4.44. The highest BCUT2D eigenvalue weighted by molar-refractivity contribution is 7.91. The van der Waals surface area contributed by atoms with E-state index in [1.54, 1.807) is 24.3 Å². The summed E-state index contributed by atoms with van der Waals surface area (Å²) in [6.07, 6.45) is 1.86. The zero-order valence-electron chi connectivity index (χ0n) is 15.9. The molecule has 2 aromatic carbocycles. The number of aromatic nitrogens is 1. The van der Waals surface area contributed by atoms with Gasteiger partial charge in [0, 0.05) is 18.7 Å². The van der Waals surface area contributed by atoms with E-state index < -0.39 is 15.7 Å². The van der Waals surface area contributed by atoms with Gasteiger partial charge in [0.05, 0.1) is 11.0 Å². The maximum Gasteiger partial charge on any atom is 0.233 e. The first-order valence-electron chi connectivity index (χ1n) is 9.37. The molecule has 1 saturated heterocycles. The summed E-state index contributed by atoms with van der Waals surface area (Å²) in [5.74, 6) is -0.240. The molecule has 0 saturated carbocycles. The predicted molar refractivity (Wildman–Crippen MR) is 106 cm³/mol. The highest BCUT2D eigenvalue weighted by atomic mass is 32.2. The van der Waals surface area contributed by atoms with E-state index >= 15 is 0 Å². The third-order valence-electron chi connectivity index (χ3n) is 4.79. The number of aryl methyl sites for hydroxylation is 1.